The van der Waals surface area contributed by atoms with Gasteiger partial charge in [-0.15, -0.1) is 0 Å². The molecule has 1 heterocycles. The highest BCUT2D eigenvalue weighted by Gasteiger charge is 2.32. The van der Waals surface area contributed by atoms with Crippen LogP contribution in [0.15, 0.2) is 47.4 Å². The van der Waals surface area contributed by atoms with Crippen molar-refractivity contribution in [1.29, 1.82) is 5.26 Å². The number of hydrogen-bond acceptors (Lipinski definition) is 3. The minimum absolute atomic E-state index is 0.0576. The van der Waals surface area contributed by atoms with Crippen LogP contribution in [-0.2, 0) is 16.6 Å². The number of nitrogens with one attached hydrogen (secondary N) is 1. The molecular weight excluding hydrogens is 393 g/mol. The van der Waals surface area contributed by atoms with Crippen LogP contribution in [0.3, 0.4) is 0 Å². The van der Waals surface area contributed by atoms with Crippen LogP contribution < -0.4 is 4.90 Å². The predicted octanol–water partition coefficient (Wildman–Crippen LogP) is 1.95. The van der Waals surface area contributed by atoms with Gasteiger partial charge in [0.1, 0.15) is 11.4 Å². The van der Waals surface area contributed by atoms with E-state index in [2.05, 4.69) is 6.07 Å². The maximum atomic E-state index is 12.8. The van der Waals surface area contributed by atoms with E-state index in [1.165, 1.54) is 15.3 Å². The van der Waals surface area contributed by atoms with Crippen molar-refractivity contribution in [3.63, 3.8) is 0 Å². The van der Waals surface area contributed by atoms with Crippen molar-refractivity contribution in [2.24, 2.45) is 0 Å². The van der Waals surface area contributed by atoms with E-state index in [9.17, 15) is 8.42 Å². The first-order valence-electron chi connectivity index (χ1n) is 8.18. The molecule has 1 saturated heterocycles. The summed E-state index contributed by atoms with van der Waals surface area (Å²) >= 11 is 12.0. The van der Waals surface area contributed by atoms with E-state index in [1.807, 2.05) is 12.1 Å². The van der Waals surface area contributed by atoms with Crippen molar-refractivity contribution in [3.05, 3.63) is 63.6 Å². The first-order chi connectivity index (χ1) is 12.4. The van der Waals surface area contributed by atoms with E-state index < -0.39 is 10.0 Å². The topological polar surface area (TPSA) is 65.6 Å². The van der Waals surface area contributed by atoms with Gasteiger partial charge in [0.25, 0.3) is 0 Å². The lowest BCUT2D eigenvalue weighted by atomic mass is 10.1. The standard InChI is InChI=1S/C18H17Cl2N3O2S/c19-16-2-1-3-17(18(16)20)26(24,25)23-10-8-22(9-11-23)13-15-6-4-14(12-21)5-7-15/h1-7H,8-11,13H2/p+1. The van der Waals surface area contributed by atoms with Crippen molar-refractivity contribution < 1.29 is 13.3 Å². The Bertz CT molecular complexity index is 932. The third kappa shape index (κ3) is 4.03. The lowest BCUT2D eigenvalue weighted by Crippen LogP contribution is -3.13. The van der Waals surface area contributed by atoms with Crippen LogP contribution in [0.25, 0.3) is 0 Å². The Hall–Kier alpha value is -1.62. The first-order valence-corrected chi connectivity index (χ1v) is 10.4. The molecule has 136 valence electrons. The fraction of sp³-hybridized carbons (Fsp3) is 0.278. The zero-order valence-electron chi connectivity index (χ0n) is 14.0. The van der Waals surface area contributed by atoms with Crippen molar-refractivity contribution in [3.8, 4) is 6.07 Å². The molecular formula is C18H18Cl2N3O2S+. The molecule has 1 N–H and O–H groups in total. The number of benzene rings is 2. The summed E-state index contributed by atoms with van der Waals surface area (Å²) in [5.74, 6) is 0. The van der Waals surface area contributed by atoms with Crippen LogP contribution in [0.2, 0.25) is 10.0 Å². The Balaban J connectivity index is 1.66. The Kier molecular flexibility index (Phi) is 5.86. The van der Waals surface area contributed by atoms with Gasteiger partial charge < -0.3 is 4.90 Å². The predicted molar refractivity (Wildman–Crippen MR) is 101 cm³/mol. The highest BCUT2D eigenvalue weighted by Crippen LogP contribution is 2.30. The fourth-order valence-corrected chi connectivity index (χ4v) is 5.21. The van der Waals surface area contributed by atoms with Crippen molar-refractivity contribution in [2.75, 3.05) is 26.2 Å². The Morgan fingerprint density at radius 2 is 1.73 bits per heavy atom. The molecule has 5 nitrogen and oxygen atoms in total. The molecule has 0 aromatic heterocycles. The quantitative estimate of drug-likeness (QED) is 0.837. The number of quaternary nitrogens is 1. The van der Waals surface area contributed by atoms with E-state index >= 15 is 0 Å². The van der Waals surface area contributed by atoms with Crippen LogP contribution in [-0.4, -0.2) is 38.9 Å². The SMILES string of the molecule is N#Cc1ccc(C[NH+]2CCN(S(=O)(=O)c3cccc(Cl)c3Cl)CC2)cc1. The molecule has 1 aliphatic heterocycles. The van der Waals surface area contributed by atoms with Gasteiger partial charge in [-0.1, -0.05) is 41.4 Å². The molecule has 0 amide bonds. The van der Waals surface area contributed by atoms with Crippen molar-refractivity contribution in [1.82, 2.24) is 4.31 Å². The number of rotatable bonds is 4. The summed E-state index contributed by atoms with van der Waals surface area (Å²) < 4.78 is 27.1. The molecule has 0 atom stereocenters. The monoisotopic (exact) mass is 410 g/mol. The van der Waals surface area contributed by atoms with E-state index in [1.54, 1.807) is 24.3 Å². The molecule has 0 unspecified atom stereocenters. The third-order valence-corrected chi connectivity index (χ3v) is 7.37. The third-order valence-electron chi connectivity index (χ3n) is 4.50. The summed E-state index contributed by atoms with van der Waals surface area (Å²) in [7, 11) is -3.65. The van der Waals surface area contributed by atoms with Crippen LogP contribution in [0.1, 0.15) is 11.1 Å². The molecule has 3 rings (SSSR count). The van der Waals surface area contributed by atoms with Gasteiger partial charge in [-0.3, -0.25) is 0 Å². The van der Waals surface area contributed by atoms with Gasteiger partial charge in [0.15, 0.2) is 0 Å². The second kappa shape index (κ2) is 7.95. The second-order valence-corrected chi connectivity index (χ2v) is 8.88. The zero-order valence-corrected chi connectivity index (χ0v) is 16.3. The number of piperazine rings is 1. The minimum Gasteiger partial charge on any atom is -0.329 e. The van der Waals surface area contributed by atoms with Gasteiger partial charge in [-0.25, -0.2) is 8.42 Å². The zero-order chi connectivity index (χ0) is 18.7. The fourth-order valence-electron chi connectivity index (χ4n) is 3.03. The van der Waals surface area contributed by atoms with Crippen molar-refractivity contribution in [2.45, 2.75) is 11.4 Å². The molecule has 0 aliphatic carbocycles. The molecule has 0 radical (unpaired) electrons. The Morgan fingerprint density at radius 1 is 1.08 bits per heavy atom. The average molecular weight is 411 g/mol. The normalized spacial score (nSPS) is 16.3. The highest BCUT2D eigenvalue weighted by molar-refractivity contribution is 7.89. The van der Waals surface area contributed by atoms with Crippen LogP contribution in [0.4, 0.5) is 0 Å². The smallest absolute Gasteiger partial charge is 0.245 e. The highest BCUT2D eigenvalue weighted by atomic mass is 35.5. The summed E-state index contributed by atoms with van der Waals surface area (Å²) in [5, 5.41) is 9.16. The molecule has 0 bridgehead atoms. The summed E-state index contributed by atoms with van der Waals surface area (Å²) in [6, 6.07) is 14.2. The average Bonchev–Trinajstić information content (AvgIpc) is 2.65. The van der Waals surface area contributed by atoms with E-state index in [-0.39, 0.29) is 14.9 Å². The van der Waals surface area contributed by atoms with Gasteiger partial charge in [0, 0.05) is 5.56 Å². The number of hydrogen-bond donors (Lipinski definition) is 1. The van der Waals surface area contributed by atoms with Crippen molar-refractivity contribution >= 4 is 33.2 Å². The van der Waals surface area contributed by atoms with E-state index in [4.69, 9.17) is 28.5 Å². The van der Waals surface area contributed by atoms with E-state index in [0.717, 1.165) is 12.1 Å². The summed E-state index contributed by atoms with van der Waals surface area (Å²) in [5.41, 5.74) is 1.77. The number of halogens is 2. The molecule has 2 aromatic rings. The molecule has 26 heavy (non-hydrogen) atoms. The van der Waals surface area contributed by atoms with E-state index in [0.29, 0.717) is 31.7 Å². The van der Waals surface area contributed by atoms with Crippen LogP contribution in [0.5, 0.6) is 0 Å². The van der Waals surface area contributed by atoms with Crippen LogP contribution in [0, 0.1) is 11.3 Å². The minimum atomic E-state index is -3.65. The molecule has 2 aromatic carbocycles. The summed E-state index contributed by atoms with van der Waals surface area (Å²) in [6.07, 6.45) is 0. The maximum absolute atomic E-state index is 12.8. The van der Waals surface area contributed by atoms with Gasteiger partial charge in [-0.05, 0) is 24.3 Å². The molecule has 1 aliphatic rings. The van der Waals surface area contributed by atoms with Gasteiger partial charge in [-0.2, -0.15) is 9.57 Å². The second-order valence-electron chi connectivity index (χ2n) is 6.19. The number of sulfonamides is 1. The number of nitriles is 1. The first kappa shape index (κ1) is 19.2. The van der Waals surface area contributed by atoms with Gasteiger partial charge in [0.05, 0.1) is 47.9 Å². The lowest BCUT2D eigenvalue weighted by Gasteiger charge is -2.31. The molecule has 8 heteroatoms. The Labute approximate surface area is 163 Å². The largest absolute Gasteiger partial charge is 0.329 e. The number of nitrogens with zero attached hydrogens (tertiary/aromatic N) is 2. The van der Waals surface area contributed by atoms with Gasteiger partial charge in [0.2, 0.25) is 10.0 Å². The molecule has 0 saturated carbocycles. The van der Waals surface area contributed by atoms with Crippen LogP contribution >= 0.6 is 23.2 Å². The van der Waals surface area contributed by atoms with Gasteiger partial charge >= 0.3 is 0 Å². The molecule has 0 spiro atoms. The lowest BCUT2D eigenvalue weighted by molar-refractivity contribution is -0.917. The molecule has 1 fully saturated rings. The summed E-state index contributed by atoms with van der Waals surface area (Å²) in [6.45, 7) is 3.07. The Morgan fingerprint density at radius 3 is 2.35 bits per heavy atom. The maximum Gasteiger partial charge on any atom is 0.245 e. The summed E-state index contributed by atoms with van der Waals surface area (Å²) in [4.78, 5) is 1.36.